The minimum Gasteiger partial charge on any atom is -0.493 e. The van der Waals surface area contributed by atoms with Gasteiger partial charge in [-0.3, -0.25) is 9.69 Å². The maximum Gasteiger partial charge on any atom is 0.227 e. The molecule has 26 heavy (non-hydrogen) atoms. The third-order valence-corrected chi connectivity index (χ3v) is 5.05. The van der Waals surface area contributed by atoms with Crippen molar-refractivity contribution in [2.45, 2.75) is 32.7 Å². The largest absolute Gasteiger partial charge is 0.493 e. The number of piperazine rings is 1. The second-order valence-electron chi connectivity index (χ2n) is 7.59. The smallest absolute Gasteiger partial charge is 0.227 e. The first-order valence-electron chi connectivity index (χ1n) is 9.56. The molecule has 1 aromatic carbocycles. The molecular weight excluding hydrogens is 350 g/mol. The van der Waals surface area contributed by atoms with Crippen LogP contribution < -0.4 is 10.1 Å². The highest BCUT2D eigenvalue weighted by molar-refractivity contribution is 5.85. The maximum absolute atomic E-state index is 12.6. The molecule has 2 heterocycles. The molecule has 0 radical (unpaired) electrons. The molecule has 0 aromatic heterocycles. The average molecular weight is 382 g/mol. The molecule has 0 saturated carbocycles. The summed E-state index contributed by atoms with van der Waals surface area (Å²) < 4.78 is 5.70. The summed E-state index contributed by atoms with van der Waals surface area (Å²) in [5, 5.41) is 3.39. The lowest BCUT2D eigenvalue weighted by molar-refractivity contribution is -0.129. The average Bonchev–Trinajstić information content (AvgIpc) is 3.12. The van der Waals surface area contributed by atoms with Crippen LogP contribution in [-0.4, -0.2) is 67.6 Å². The number of amides is 1. The van der Waals surface area contributed by atoms with Crippen molar-refractivity contribution in [3.8, 4) is 5.75 Å². The molecule has 146 valence electrons. The summed E-state index contributed by atoms with van der Waals surface area (Å²) in [4.78, 5) is 17.2. The number of hydrogen-bond acceptors (Lipinski definition) is 4. The molecular formula is C20H32ClN3O2. The standard InChI is InChI=1S/C20H31N3O2.ClH/c1-16(2)15-25-19-5-3-17(4-6-19)13-20(24)23-10-7-18(14-23)22-11-8-21-9-12-22;/h3-6,16,18,21H,7-15H2,1-2H3;1H. The van der Waals surface area contributed by atoms with E-state index in [1.54, 1.807) is 0 Å². The second kappa shape index (κ2) is 10.1. The molecule has 1 unspecified atom stereocenters. The lowest BCUT2D eigenvalue weighted by Gasteiger charge is -2.32. The first-order chi connectivity index (χ1) is 12.1. The van der Waals surface area contributed by atoms with Crippen LogP contribution in [0.5, 0.6) is 5.75 Å². The third-order valence-electron chi connectivity index (χ3n) is 5.05. The van der Waals surface area contributed by atoms with Crippen molar-refractivity contribution >= 4 is 18.3 Å². The van der Waals surface area contributed by atoms with Gasteiger partial charge in [-0.1, -0.05) is 26.0 Å². The summed E-state index contributed by atoms with van der Waals surface area (Å²) in [6.07, 6.45) is 1.59. The molecule has 2 aliphatic rings. The SMILES string of the molecule is CC(C)COc1ccc(CC(=O)N2CCC(N3CCNCC3)C2)cc1.Cl. The van der Waals surface area contributed by atoms with E-state index in [0.29, 0.717) is 18.4 Å². The molecule has 3 rings (SSSR count). The summed E-state index contributed by atoms with van der Waals surface area (Å²) >= 11 is 0. The van der Waals surface area contributed by atoms with Crippen LogP contribution in [0.1, 0.15) is 25.8 Å². The van der Waals surface area contributed by atoms with Crippen LogP contribution >= 0.6 is 12.4 Å². The van der Waals surface area contributed by atoms with Crippen LogP contribution in [-0.2, 0) is 11.2 Å². The zero-order chi connectivity index (χ0) is 17.6. The van der Waals surface area contributed by atoms with Gasteiger partial charge in [0.2, 0.25) is 5.91 Å². The highest BCUT2D eigenvalue weighted by Gasteiger charge is 2.30. The van der Waals surface area contributed by atoms with Crippen molar-refractivity contribution in [2.75, 3.05) is 45.9 Å². The Bertz CT molecular complexity index is 559. The number of carbonyl (C=O) groups excluding carboxylic acids is 1. The van der Waals surface area contributed by atoms with Gasteiger partial charge in [-0.05, 0) is 30.0 Å². The van der Waals surface area contributed by atoms with Gasteiger partial charge in [0.05, 0.1) is 13.0 Å². The van der Waals surface area contributed by atoms with Crippen molar-refractivity contribution in [3.05, 3.63) is 29.8 Å². The molecule has 0 spiro atoms. The van der Waals surface area contributed by atoms with E-state index < -0.39 is 0 Å². The molecule has 5 nitrogen and oxygen atoms in total. The Hall–Kier alpha value is -1.30. The lowest BCUT2D eigenvalue weighted by atomic mass is 10.1. The van der Waals surface area contributed by atoms with E-state index >= 15 is 0 Å². The van der Waals surface area contributed by atoms with E-state index in [-0.39, 0.29) is 18.3 Å². The Labute approximate surface area is 163 Å². The lowest BCUT2D eigenvalue weighted by Crippen LogP contribution is -2.49. The number of benzene rings is 1. The highest BCUT2D eigenvalue weighted by Crippen LogP contribution is 2.19. The predicted molar refractivity (Wildman–Crippen MR) is 107 cm³/mol. The minimum atomic E-state index is 0. The number of likely N-dealkylation sites (tertiary alicyclic amines) is 1. The van der Waals surface area contributed by atoms with Gasteiger partial charge in [0, 0.05) is 45.3 Å². The van der Waals surface area contributed by atoms with E-state index in [4.69, 9.17) is 4.74 Å². The normalized spacial score (nSPS) is 20.9. The van der Waals surface area contributed by atoms with Crippen LogP contribution in [0.3, 0.4) is 0 Å². The summed E-state index contributed by atoms with van der Waals surface area (Å²) in [7, 11) is 0. The Morgan fingerprint density at radius 2 is 1.88 bits per heavy atom. The third kappa shape index (κ3) is 5.86. The molecule has 1 amide bonds. The van der Waals surface area contributed by atoms with Crippen molar-refractivity contribution in [1.82, 2.24) is 15.1 Å². The van der Waals surface area contributed by atoms with Crippen molar-refractivity contribution in [1.29, 1.82) is 0 Å². The van der Waals surface area contributed by atoms with Crippen LogP contribution in [0, 0.1) is 5.92 Å². The van der Waals surface area contributed by atoms with Crippen molar-refractivity contribution in [3.63, 3.8) is 0 Å². The number of nitrogens with zero attached hydrogens (tertiary/aromatic N) is 2. The van der Waals surface area contributed by atoms with Gasteiger partial charge in [-0.15, -0.1) is 12.4 Å². The van der Waals surface area contributed by atoms with Crippen molar-refractivity contribution < 1.29 is 9.53 Å². The summed E-state index contributed by atoms with van der Waals surface area (Å²) in [5.41, 5.74) is 1.06. The zero-order valence-corrected chi connectivity index (χ0v) is 16.8. The molecule has 1 N–H and O–H groups in total. The number of carbonyl (C=O) groups is 1. The molecule has 2 saturated heterocycles. The van der Waals surface area contributed by atoms with Gasteiger partial charge in [-0.25, -0.2) is 0 Å². The van der Waals surface area contributed by atoms with E-state index in [1.807, 2.05) is 29.2 Å². The Morgan fingerprint density at radius 1 is 1.19 bits per heavy atom. The van der Waals surface area contributed by atoms with Gasteiger partial charge in [0.25, 0.3) is 0 Å². The minimum absolute atomic E-state index is 0. The monoisotopic (exact) mass is 381 g/mol. The van der Waals surface area contributed by atoms with Crippen LogP contribution in [0.25, 0.3) is 0 Å². The fourth-order valence-electron chi connectivity index (χ4n) is 3.57. The fraction of sp³-hybridized carbons (Fsp3) is 0.650. The van der Waals surface area contributed by atoms with Crippen LogP contribution in [0.15, 0.2) is 24.3 Å². The summed E-state index contributed by atoms with van der Waals surface area (Å²) in [6.45, 7) is 11.1. The molecule has 0 bridgehead atoms. The highest BCUT2D eigenvalue weighted by atomic mass is 35.5. The molecule has 2 fully saturated rings. The Balaban J connectivity index is 0.00000243. The number of ether oxygens (including phenoxy) is 1. The van der Waals surface area contributed by atoms with Gasteiger partial charge >= 0.3 is 0 Å². The van der Waals surface area contributed by atoms with Crippen molar-refractivity contribution in [2.24, 2.45) is 5.92 Å². The number of nitrogens with one attached hydrogen (secondary N) is 1. The first-order valence-corrected chi connectivity index (χ1v) is 9.56. The Kier molecular flexibility index (Phi) is 8.19. The van der Waals surface area contributed by atoms with Gasteiger partial charge in [0.1, 0.15) is 5.75 Å². The van der Waals surface area contributed by atoms with Gasteiger partial charge in [-0.2, -0.15) is 0 Å². The predicted octanol–water partition coefficient (Wildman–Crippen LogP) is 2.19. The first kappa shape index (κ1) is 21.0. The molecule has 1 aromatic rings. The molecule has 1 atom stereocenters. The Morgan fingerprint density at radius 3 is 2.54 bits per heavy atom. The quantitative estimate of drug-likeness (QED) is 0.820. The molecule has 2 aliphatic heterocycles. The zero-order valence-electron chi connectivity index (χ0n) is 15.9. The summed E-state index contributed by atoms with van der Waals surface area (Å²) in [5.74, 6) is 1.64. The van der Waals surface area contributed by atoms with Gasteiger partial charge in [0.15, 0.2) is 0 Å². The maximum atomic E-state index is 12.6. The molecule has 6 heteroatoms. The van der Waals surface area contributed by atoms with E-state index in [2.05, 4.69) is 24.1 Å². The van der Waals surface area contributed by atoms with Gasteiger partial charge < -0.3 is 15.0 Å². The van der Waals surface area contributed by atoms with Crippen LogP contribution in [0.4, 0.5) is 0 Å². The fourth-order valence-corrected chi connectivity index (χ4v) is 3.57. The van der Waals surface area contributed by atoms with E-state index in [1.165, 1.54) is 0 Å². The van der Waals surface area contributed by atoms with E-state index in [9.17, 15) is 4.79 Å². The second-order valence-corrected chi connectivity index (χ2v) is 7.59. The van der Waals surface area contributed by atoms with E-state index in [0.717, 1.165) is 63.6 Å². The summed E-state index contributed by atoms with van der Waals surface area (Å²) in [6, 6.07) is 8.50. The molecule has 0 aliphatic carbocycles. The topological polar surface area (TPSA) is 44.8 Å². The number of rotatable bonds is 6. The van der Waals surface area contributed by atoms with Crippen LogP contribution in [0.2, 0.25) is 0 Å². The number of hydrogen-bond donors (Lipinski definition) is 1. The number of halogens is 1.